The van der Waals surface area contributed by atoms with E-state index in [2.05, 4.69) is 9.82 Å². The second kappa shape index (κ2) is 5.94. The van der Waals surface area contributed by atoms with Crippen molar-refractivity contribution < 1.29 is 8.42 Å². The molecule has 0 amide bonds. The predicted molar refractivity (Wildman–Crippen MR) is 80.1 cm³/mol. The number of nitrogens with one attached hydrogen (secondary N) is 1. The Morgan fingerprint density at radius 2 is 2.30 bits per heavy atom. The van der Waals surface area contributed by atoms with E-state index in [-0.39, 0.29) is 16.8 Å². The summed E-state index contributed by atoms with van der Waals surface area (Å²) in [7, 11) is -3.64. The Morgan fingerprint density at radius 3 is 2.85 bits per heavy atom. The van der Waals surface area contributed by atoms with Crippen LogP contribution in [0.3, 0.4) is 0 Å². The predicted octanol–water partition coefficient (Wildman–Crippen LogP) is 1.46. The van der Waals surface area contributed by atoms with Crippen molar-refractivity contribution in [1.29, 1.82) is 0 Å². The Bertz CT molecular complexity index is 662. The van der Waals surface area contributed by atoms with Gasteiger partial charge in [0.05, 0.1) is 0 Å². The monoisotopic (exact) mass is 314 g/mol. The van der Waals surface area contributed by atoms with Gasteiger partial charge in [0.2, 0.25) is 10.0 Å². The molecule has 1 atom stereocenters. The zero-order valence-corrected chi connectivity index (χ0v) is 13.0. The van der Waals surface area contributed by atoms with E-state index >= 15 is 0 Å². The molecule has 3 N–H and O–H groups in total. The van der Waals surface area contributed by atoms with E-state index in [9.17, 15) is 8.42 Å². The van der Waals surface area contributed by atoms with Gasteiger partial charge < -0.3 is 5.73 Å². The van der Waals surface area contributed by atoms with Crippen LogP contribution in [0.2, 0.25) is 0 Å². The van der Waals surface area contributed by atoms with Gasteiger partial charge in [-0.05, 0) is 42.7 Å². The zero-order valence-electron chi connectivity index (χ0n) is 11.4. The van der Waals surface area contributed by atoms with Gasteiger partial charge in [0.15, 0.2) is 5.82 Å². The maximum atomic E-state index is 12.3. The number of rotatable bonds is 6. The standard InChI is InChI=1S/C12H18N4O2S2/c1-3-16-7-11(12(13)14-16)20(17,18)15-9(2)6-10-4-5-19-8-10/h4-5,7-9,15H,3,6H2,1-2H3,(H2,13,14). The number of nitrogen functional groups attached to an aromatic ring is 1. The first-order valence-electron chi connectivity index (χ1n) is 6.28. The first-order valence-corrected chi connectivity index (χ1v) is 8.71. The molecule has 0 saturated heterocycles. The van der Waals surface area contributed by atoms with Crippen LogP contribution >= 0.6 is 11.3 Å². The molecule has 0 bridgehead atoms. The number of nitrogens with zero attached hydrogens (tertiary/aromatic N) is 2. The molecule has 6 nitrogen and oxygen atoms in total. The van der Waals surface area contributed by atoms with Crippen LogP contribution < -0.4 is 10.5 Å². The van der Waals surface area contributed by atoms with Crippen LogP contribution in [0.5, 0.6) is 0 Å². The van der Waals surface area contributed by atoms with E-state index in [1.165, 1.54) is 10.9 Å². The van der Waals surface area contributed by atoms with E-state index < -0.39 is 10.0 Å². The molecule has 110 valence electrons. The summed E-state index contributed by atoms with van der Waals surface area (Å²) >= 11 is 1.59. The molecular weight excluding hydrogens is 296 g/mol. The zero-order chi connectivity index (χ0) is 14.8. The number of aryl methyl sites for hydroxylation is 1. The van der Waals surface area contributed by atoms with Crippen molar-refractivity contribution in [3.05, 3.63) is 28.6 Å². The van der Waals surface area contributed by atoms with Crippen LogP contribution in [0.25, 0.3) is 0 Å². The number of sulfonamides is 1. The molecule has 0 aliphatic heterocycles. The van der Waals surface area contributed by atoms with E-state index in [0.29, 0.717) is 13.0 Å². The minimum Gasteiger partial charge on any atom is -0.381 e. The van der Waals surface area contributed by atoms with Gasteiger partial charge in [0.25, 0.3) is 0 Å². The molecule has 0 fully saturated rings. The highest BCUT2D eigenvalue weighted by Gasteiger charge is 2.23. The summed E-state index contributed by atoms with van der Waals surface area (Å²) in [5.74, 6) is 0.0297. The summed E-state index contributed by atoms with van der Waals surface area (Å²) < 4.78 is 28.7. The summed E-state index contributed by atoms with van der Waals surface area (Å²) in [6.45, 7) is 4.27. The minimum absolute atomic E-state index is 0.0297. The average Bonchev–Trinajstić information content (AvgIpc) is 2.97. The number of hydrogen-bond acceptors (Lipinski definition) is 5. The number of hydrogen-bond donors (Lipinski definition) is 2. The molecule has 8 heteroatoms. The lowest BCUT2D eigenvalue weighted by Gasteiger charge is -2.12. The van der Waals surface area contributed by atoms with Crippen LogP contribution in [-0.4, -0.2) is 24.2 Å². The van der Waals surface area contributed by atoms with Gasteiger partial charge in [-0.1, -0.05) is 0 Å². The van der Waals surface area contributed by atoms with Crippen LogP contribution in [0.4, 0.5) is 5.82 Å². The fourth-order valence-corrected chi connectivity index (χ4v) is 3.92. The van der Waals surface area contributed by atoms with Gasteiger partial charge in [0, 0.05) is 18.8 Å². The van der Waals surface area contributed by atoms with Crippen molar-refractivity contribution in [3.8, 4) is 0 Å². The summed E-state index contributed by atoms with van der Waals surface area (Å²) in [6.07, 6.45) is 2.10. The fourth-order valence-electron chi connectivity index (χ4n) is 1.92. The highest BCUT2D eigenvalue weighted by atomic mass is 32.2. The lowest BCUT2D eigenvalue weighted by molar-refractivity contribution is 0.560. The quantitative estimate of drug-likeness (QED) is 0.844. The number of aromatic nitrogens is 2. The fraction of sp³-hybridized carbons (Fsp3) is 0.417. The van der Waals surface area contributed by atoms with Crippen LogP contribution in [0.1, 0.15) is 19.4 Å². The summed E-state index contributed by atoms with van der Waals surface area (Å²) in [6, 6.07) is 1.78. The van der Waals surface area contributed by atoms with Crippen LogP contribution in [0.15, 0.2) is 27.9 Å². The van der Waals surface area contributed by atoms with Crippen molar-refractivity contribution in [2.75, 3.05) is 5.73 Å². The molecule has 0 aliphatic rings. The number of thiophene rings is 1. The summed E-state index contributed by atoms with van der Waals surface area (Å²) in [4.78, 5) is 0.0384. The Morgan fingerprint density at radius 1 is 1.55 bits per heavy atom. The van der Waals surface area contributed by atoms with Crippen molar-refractivity contribution in [1.82, 2.24) is 14.5 Å². The highest BCUT2D eigenvalue weighted by Crippen LogP contribution is 2.17. The Hall–Kier alpha value is -1.38. The molecule has 2 aromatic heterocycles. The molecule has 0 radical (unpaired) electrons. The molecule has 0 saturated carbocycles. The molecule has 2 rings (SSSR count). The molecule has 2 aromatic rings. The van der Waals surface area contributed by atoms with Gasteiger partial charge in [-0.15, -0.1) is 0 Å². The highest BCUT2D eigenvalue weighted by molar-refractivity contribution is 7.89. The second-order valence-electron chi connectivity index (χ2n) is 4.59. The van der Waals surface area contributed by atoms with E-state index in [0.717, 1.165) is 5.56 Å². The minimum atomic E-state index is -3.64. The Balaban J connectivity index is 2.12. The largest absolute Gasteiger partial charge is 0.381 e. The first kappa shape index (κ1) is 15.0. The van der Waals surface area contributed by atoms with Gasteiger partial charge in [-0.25, -0.2) is 13.1 Å². The van der Waals surface area contributed by atoms with Gasteiger partial charge in [0.1, 0.15) is 4.90 Å². The number of anilines is 1. The van der Waals surface area contributed by atoms with Crippen LogP contribution in [-0.2, 0) is 23.0 Å². The Kier molecular flexibility index (Phi) is 4.46. The third-order valence-corrected chi connectivity index (χ3v) is 5.19. The molecular formula is C12H18N4O2S2. The lowest BCUT2D eigenvalue weighted by atomic mass is 10.1. The molecule has 2 heterocycles. The van der Waals surface area contributed by atoms with Crippen molar-refractivity contribution in [3.63, 3.8) is 0 Å². The third-order valence-electron chi connectivity index (χ3n) is 2.85. The van der Waals surface area contributed by atoms with Gasteiger partial charge in [-0.2, -0.15) is 16.4 Å². The smallest absolute Gasteiger partial charge is 0.246 e. The van der Waals surface area contributed by atoms with E-state index in [4.69, 9.17) is 5.73 Å². The second-order valence-corrected chi connectivity index (χ2v) is 7.05. The summed E-state index contributed by atoms with van der Waals surface area (Å²) in [5.41, 5.74) is 6.78. The normalized spacial score (nSPS) is 13.5. The maximum Gasteiger partial charge on any atom is 0.246 e. The molecule has 1 unspecified atom stereocenters. The van der Waals surface area contributed by atoms with Gasteiger partial charge in [-0.3, -0.25) is 4.68 Å². The first-order chi connectivity index (χ1) is 9.42. The van der Waals surface area contributed by atoms with Crippen molar-refractivity contribution >= 4 is 27.2 Å². The Labute approximate surface area is 122 Å². The lowest BCUT2D eigenvalue weighted by Crippen LogP contribution is -2.34. The molecule has 0 spiro atoms. The topological polar surface area (TPSA) is 90.0 Å². The van der Waals surface area contributed by atoms with Crippen LogP contribution in [0, 0.1) is 0 Å². The third kappa shape index (κ3) is 3.38. The van der Waals surface area contributed by atoms with E-state index in [1.54, 1.807) is 11.3 Å². The molecule has 0 aromatic carbocycles. The average molecular weight is 314 g/mol. The van der Waals surface area contributed by atoms with Crippen molar-refractivity contribution in [2.24, 2.45) is 0 Å². The maximum absolute atomic E-state index is 12.3. The SMILES string of the molecule is CCn1cc(S(=O)(=O)NC(C)Cc2ccsc2)c(N)n1. The van der Waals surface area contributed by atoms with Crippen molar-refractivity contribution in [2.45, 2.75) is 37.8 Å². The van der Waals surface area contributed by atoms with E-state index in [1.807, 2.05) is 30.7 Å². The molecule has 20 heavy (non-hydrogen) atoms. The number of nitrogens with two attached hydrogens (primary N) is 1. The summed E-state index contributed by atoms with van der Waals surface area (Å²) in [5, 5.41) is 7.94. The molecule has 0 aliphatic carbocycles. The van der Waals surface area contributed by atoms with Gasteiger partial charge >= 0.3 is 0 Å².